The zero-order chi connectivity index (χ0) is 15.3. The average Bonchev–Trinajstić information content (AvgIpc) is 2.91. The molecule has 1 atom stereocenters. The SMILES string of the molecule is O=S(=O)(NCC[NH+]([O-])Cc1ccco1)c1ccc(Cl)cc1. The van der Waals surface area contributed by atoms with Crippen LogP contribution in [0.15, 0.2) is 52.0 Å². The molecule has 0 bridgehead atoms. The standard InChI is InChI=1S/C13H15ClN2O4S/c14-11-3-5-13(6-4-11)21(18,19)15-7-8-16(17)10-12-2-1-9-20-12/h1-6,9,15-16H,7-8,10H2. The predicted octanol–water partition coefficient (Wildman–Crippen LogP) is 0.794. The van der Waals surface area contributed by atoms with Crippen molar-refractivity contribution in [3.05, 3.63) is 58.7 Å². The lowest BCUT2D eigenvalue weighted by molar-refractivity contribution is -0.862. The van der Waals surface area contributed by atoms with Crippen molar-refractivity contribution < 1.29 is 17.9 Å². The van der Waals surface area contributed by atoms with Crippen LogP contribution in [0.2, 0.25) is 5.02 Å². The fourth-order valence-corrected chi connectivity index (χ4v) is 2.88. The molecule has 0 radical (unpaired) electrons. The Kier molecular flexibility index (Phi) is 5.38. The second kappa shape index (κ2) is 7.06. The summed E-state index contributed by atoms with van der Waals surface area (Å²) in [6.07, 6.45) is 1.49. The van der Waals surface area contributed by atoms with Crippen LogP contribution >= 0.6 is 11.6 Å². The summed E-state index contributed by atoms with van der Waals surface area (Å²) in [5, 5.41) is 12.0. The molecular formula is C13H15ClN2O4S. The highest BCUT2D eigenvalue weighted by molar-refractivity contribution is 7.89. The number of benzene rings is 1. The summed E-state index contributed by atoms with van der Waals surface area (Å²) in [4.78, 5) is 0.116. The van der Waals surface area contributed by atoms with Gasteiger partial charge in [-0.15, -0.1) is 0 Å². The molecule has 2 aromatic rings. The number of hydroxylamine groups is 2. The Morgan fingerprint density at radius 1 is 1.24 bits per heavy atom. The minimum absolute atomic E-state index is 0.0461. The van der Waals surface area contributed by atoms with Crippen molar-refractivity contribution in [2.24, 2.45) is 0 Å². The number of hydrogen-bond donors (Lipinski definition) is 2. The maximum Gasteiger partial charge on any atom is 0.240 e. The molecule has 1 aromatic heterocycles. The molecule has 1 unspecified atom stereocenters. The van der Waals surface area contributed by atoms with Gasteiger partial charge in [-0.25, -0.2) is 13.1 Å². The third-order valence-electron chi connectivity index (χ3n) is 2.77. The highest BCUT2D eigenvalue weighted by atomic mass is 35.5. The van der Waals surface area contributed by atoms with Crippen molar-refractivity contribution in [3.8, 4) is 0 Å². The third kappa shape index (κ3) is 4.83. The smallest absolute Gasteiger partial charge is 0.240 e. The first-order valence-corrected chi connectivity index (χ1v) is 8.13. The minimum Gasteiger partial charge on any atom is -0.634 e. The summed E-state index contributed by atoms with van der Waals surface area (Å²) in [5.74, 6) is 0.570. The summed E-state index contributed by atoms with van der Waals surface area (Å²) >= 11 is 5.71. The molecule has 8 heteroatoms. The second-order valence-electron chi connectivity index (χ2n) is 4.40. The summed E-state index contributed by atoms with van der Waals surface area (Å²) in [6.45, 7) is 0.313. The quantitative estimate of drug-likeness (QED) is 0.735. The first-order valence-electron chi connectivity index (χ1n) is 6.27. The van der Waals surface area contributed by atoms with Crippen molar-refractivity contribution in [1.29, 1.82) is 0 Å². The number of furan rings is 1. The number of nitrogens with one attached hydrogen (secondary N) is 2. The van der Waals surface area contributed by atoms with E-state index in [1.165, 1.54) is 30.5 Å². The molecule has 1 aromatic carbocycles. The highest BCUT2D eigenvalue weighted by Gasteiger charge is 2.13. The van der Waals surface area contributed by atoms with E-state index < -0.39 is 10.0 Å². The molecule has 0 aliphatic heterocycles. The van der Waals surface area contributed by atoms with Gasteiger partial charge in [0.1, 0.15) is 6.54 Å². The van der Waals surface area contributed by atoms with Gasteiger partial charge in [-0.1, -0.05) is 11.6 Å². The molecule has 0 aliphatic carbocycles. The van der Waals surface area contributed by atoms with E-state index in [2.05, 4.69) is 4.72 Å². The van der Waals surface area contributed by atoms with E-state index >= 15 is 0 Å². The van der Waals surface area contributed by atoms with Gasteiger partial charge in [-0.3, -0.25) is 0 Å². The van der Waals surface area contributed by atoms with Crippen molar-refractivity contribution in [1.82, 2.24) is 4.72 Å². The van der Waals surface area contributed by atoms with E-state index in [1.54, 1.807) is 12.1 Å². The predicted molar refractivity (Wildman–Crippen MR) is 78.2 cm³/mol. The number of rotatable bonds is 7. The molecule has 0 aliphatic rings. The lowest BCUT2D eigenvalue weighted by Crippen LogP contribution is -3.06. The first kappa shape index (κ1) is 16.0. The maximum absolute atomic E-state index is 12.0. The Morgan fingerprint density at radius 3 is 2.57 bits per heavy atom. The van der Waals surface area contributed by atoms with Crippen LogP contribution < -0.4 is 9.79 Å². The van der Waals surface area contributed by atoms with Gasteiger partial charge in [0.25, 0.3) is 0 Å². The number of quaternary nitrogens is 1. The van der Waals surface area contributed by atoms with E-state index in [-0.39, 0.29) is 29.6 Å². The van der Waals surface area contributed by atoms with Crippen LogP contribution in [0.5, 0.6) is 0 Å². The minimum atomic E-state index is -3.62. The van der Waals surface area contributed by atoms with Crippen LogP contribution in [0.3, 0.4) is 0 Å². The molecule has 114 valence electrons. The maximum atomic E-state index is 12.0. The van der Waals surface area contributed by atoms with Crippen LogP contribution in [0.25, 0.3) is 0 Å². The molecule has 0 amide bonds. The second-order valence-corrected chi connectivity index (χ2v) is 6.60. The van der Waals surface area contributed by atoms with Gasteiger partial charge >= 0.3 is 0 Å². The average molecular weight is 331 g/mol. The molecule has 6 nitrogen and oxygen atoms in total. The molecule has 2 rings (SSSR count). The first-order chi connectivity index (χ1) is 9.97. The Labute approximate surface area is 127 Å². The summed E-state index contributed by atoms with van der Waals surface area (Å²) in [6, 6.07) is 9.22. The van der Waals surface area contributed by atoms with E-state index in [0.29, 0.717) is 10.8 Å². The van der Waals surface area contributed by atoms with Crippen LogP contribution in [-0.4, -0.2) is 21.5 Å². The molecule has 21 heavy (non-hydrogen) atoms. The van der Waals surface area contributed by atoms with Crippen LogP contribution in [-0.2, 0) is 16.6 Å². The molecule has 1 heterocycles. The van der Waals surface area contributed by atoms with Crippen LogP contribution in [0.1, 0.15) is 5.76 Å². The number of halogens is 1. The lowest BCUT2D eigenvalue weighted by atomic mass is 10.4. The third-order valence-corrected chi connectivity index (χ3v) is 4.50. The van der Waals surface area contributed by atoms with Gasteiger partial charge in [-0.05, 0) is 36.4 Å². The Bertz CT molecular complexity index is 656. The molecule has 0 saturated heterocycles. The molecule has 2 N–H and O–H groups in total. The largest absolute Gasteiger partial charge is 0.634 e. The normalized spacial score (nSPS) is 13.2. The van der Waals surface area contributed by atoms with Gasteiger partial charge in [0.15, 0.2) is 5.76 Å². The van der Waals surface area contributed by atoms with Gasteiger partial charge in [0, 0.05) is 5.02 Å². The van der Waals surface area contributed by atoms with E-state index in [4.69, 9.17) is 16.0 Å². The Balaban J connectivity index is 1.83. The Morgan fingerprint density at radius 2 is 1.95 bits per heavy atom. The molecule has 0 fully saturated rings. The monoisotopic (exact) mass is 330 g/mol. The van der Waals surface area contributed by atoms with Crippen LogP contribution in [0.4, 0.5) is 0 Å². The summed E-state index contributed by atoms with van der Waals surface area (Å²) in [5.41, 5.74) is 0. The van der Waals surface area contributed by atoms with Crippen molar-refractivity contribution >= 4 is 21.6 Å². The van der Waals surface area contributed by atoms with Crippen molar-refractivity contribution in [2.45, 2.75) is 11.4 Å². The summed E-state index contributed by atoms with van der Waals surface area (Å²) < 4.78 is 31.4. The van der Waals surface area contributed by atoms with E-state index in [1.807, 2.05) is 0 Å². The van der Waals surface area contributed by atoms with Crippen LogP contribution in [0, 0.1) is 5.21 Å². The fraction of sp³-hybridized carbons (Fsp3) is 0.231. The zero-order valence-corrected chi connectivity index (χ0v) is 12.7. The number of sulfonamides is 1. The molecule has 0 spiro atoms. The molecular weight excluding hydrogens is 316 g/mol. The zero-order valence-electron chi connectivity index (χ0n) is 11.1. The van der Waals surface area contributed by atoms with E-state index in [0.717, 1.165) is 0 Å². The fourth-order valence-electron chi connectivity index (χ4n) is 1.72. The lowest BCUT2D eigenvalue weighted by Gasteiger charge is -2.21. The summed E-state index contributed by atoms with van der Waals surface area (Å²) in [7, 11) is -3.62. The van der Waals surface area contributed by atoms with Gasteiger partial charge in [0.2, 0.25) is 10.0 Å². The Hall–Kier alpha value is -1.38. The number of hydrogen-bond acceptors (Lipinski definition) is 4. The van der Waals surface area contributed by atoms with Crippen molar-refractivity contribution in [2.75, 3.05) is 13.1 Å². The van der Waals surface area contributed by atoms with Gasteiger partial charge in [-0.2, -0.15) is 0 Å². The molecule has 0 saturated carbocycles. The van der Waals surface area contributed by atoms with Gasteiger partial charge in [0.05, 0.1) is 24.2 Å². The topological polar surface area (TPSA) is 86.8 Å². The van der Waals surface area contributed by atoms with E-state index in [9.17, 15) is 13.6 Å². The van der Waals surface area contributed by atoms with Crippen molar-refractivity contribution in [3.63, 3.8) is 0 Å². The van der Waals surface area contributed by atoms with Gasteiger partial charge < -0.3 is 14.7 Å². The highest BCUT2D eigenvalue weighted by Crippen LogP contribution is 2.13.